The molecule has 0 fully saturated rings. The lowest BCUT2D eigenvalue weighted by molar-refractivity contribution is -0.113. The Bertz CT molecular complexity index is 1350. The first-order valence-corrected chi connectivity index (χ1v) is 11.1. The number of aryl methyl sites for hydroxylation is 2. The van der Waals surface area contributed by atoms with Crippen LogP contribution in [0.1, 0.15) is 16.7 Å². The molecule has 0 saturated carbocycles. The van der Waals surface area contributed by atoms with Crippen molar-refractivity contribution >= 4 is 34.3 Å². The summed E-state index contributed by atoms with van der Waals surface area (Å²) in [5.74, 6) is -0.422. The quantitative estimate of drug-likeness (QED) is 0.336. The van der Waals surface area contributed by atoms with E-state index in [1.54, 1.807) is 30.3 Å². The fraction of sp³-hybridized carbons (Fsp3) is 0.160. The van der Waals surface area contributed by atoms with Gasteiger partial charge >= 0.3 is 0 Å². The van der Waals surface area contributed by atoms with Crippen molar-refractivity contribution in [3.05, 3.63) is 99.6 Å². The van der Waals surface area contributed by atoms with Gasteiger partial charge in [-0.15, -0.1) is 0 Å². The van der Waals surface area contributed by atoms with Crippen molar-refractivity contribution in [1.29, 1.82) is 0 Å². The molecule has 0 unspecified atom stereocenters. The van der Waals surface area contributed by atoms with Gasteiger partial charge in [-0.25, -0.2) is 9.37 Å². The summed E-state index contributed by atoms with van der Waals surface area (Å²) in [6, 6.07) is 18.9. The summed E-state index contributed by atoms with van der Waals surface area (Å²) >= 11 is 1.20. The summed E-state index contributed by atoms with van der Waals surface area (Å²) in [5, 5.41) is 3.86. The van der Waals surface area contributed by atoms with Gasteiger partial charge in [-0.2, -0.15) is 0 Å². The van der Waals surface area contributed by atoms with Gasteiger partial charge in [0.15, 0.2) is 5.16 Å². The van der Waals surface area contributed by atoms with Crippen LogP contribution in [0.25, 0.3) is 10.9 Å². The lowest BCUT2D eigenvalue weighted by Gasteiger charge is -2.14. The van der Waals surface area contributed by atoms with Crippen LogP contribution in [-0.4, -0.2) is 21.2 Å². The van der Waals surface area contributed by atoms with Crippen LogP contribution in [0, 0.1) is 19.7 Å². The van der Waals surface area contributed by atoms with E-state index in [2.05, 4.69) is 10.3 Å². The Kier molecular flexibility index (Phi) is 6.37. The van der Waals surface area contributed by atoms with Crippen molar-refractivity contribution in [3.63, 3.8) is 0 Å². The fourth-order valence-corrected chi connectivity index (χ4v) is 4.24. The third-order valence-corrected chi connectivity index (χ3v) is 6.05. The molecule has 0 spiro atoms. The first-order valence-electron chi connectivity index (χ1n) is 10.1. The van der Waals surface area contributed by atoms with Gasteiger partial charge < -0.3 is 5.32 Å². The maximum Gasteiger partial charge on any atom is 0.262 e. The van der Waals surface area contributed by atoms with Crippen LogP contribution in [0.4, 0.5) is 10.1 Å². The van der Waals surface area contributed by atoms with Crippen LogP contribution in [0.5, 0.6) is 0 Å². The normalized spacial score (nSPS) is 11.0. The number of anilines is 1. The van der Waals surface area contributed by atoms with Crippen LogP contribution in [0.3, 0.4) is 0 Å². The number of hydrogen-bond acceptors (Lipinski definition) is 4. The lowest BCUT2D eigenvalue weighted by atomic mass is 10.1. The van der Waals surface area contributed by atoms with Crippen molar-refractivity contribution < 1.29 is 9.18 Å². The zero-order chi connectivity index (χ0) is 22.7. The molecule has 0 atom stereocenters. The van der Waals surface area contributed by atoms with E-state index in [1.807, 2.05) is 38.1 Å². The molecule has 1 heterocycles. The highest BCUT2D eigenvalue weighted by atomic mass is 32.2. The number of nitrogens with zero attached hydrogens (tertiary/aromatic N) is 2. The molecule has 1 amide bonds. The monoisotopic (exact) mass is 447 g/mol. The second kappa shape index (κ2) is 9.36. The van der Waals surface area contributed by atoms with Gasteiger partial charge in [0.2, 0.25) is 5.91 Å². The largest absolute Gasteiger partial charge is 0.325 e. The molecule has 0 aliphatic heterocycles. The molecule has 4 rings (SSSR count). The molecule has 0 aliphatic carbocycles. The van der Waals surface area contributed by atoms with Gasteiger partial charge in [0.05, 0.1) is 23.2 Å². The number of hydrogen-bond donors (Lipinski definition) is 1. The first kappa shape index (κ1) is 21.8. The molecule has 7 heteroatoms. The Labute approximate surface area is 189 Å². The molecule has 1 N–H and O–H groups in total. The maximum absolute atomic E-state index is 13.3. The van der Waals surface area contributed by atoms with Crippen molar-refractivity contribution in [2.45, 2.75) is 25.5 Å². The Morgan fingerprint density at radius 2 is 1.81 bits per heavy atom. The number of aromatic nitrogens is 2. The Hall–Kier alpha value is -3.45. The summed E-state index contributed by atoms with van der Waals surface area (Å²) in [6.45, 7) is 4.18. The van der Waals surface area contributed by atoms with Crippen molar-refractivity contribution in [2.75, 3.05) is 11.1 Å². The standard InChI is InChI=1S/C25H22FN3O2S/c1-16-7-12-21(17(2)13-16)27-23(30)15-32-25-28-22-6-4-3-5-20(22)24(31)29(25)14-18-8-10-19(26)11-9-18/h3-13H,14-15H2,1-2H3,(H,27,30). The van der Waals surface area contributed by atoms with Gasteiger partial charge in [0.25, 0.3) is 5.56 Å². The number of halogens is 1. The highest BCUT2D eigenvalue weighted by molar-refractivity contribution is 7.99. The van der Waals surface area contributed by atoms with E-state index in [4.69, 9.17) is 0 Å². The summed E-state index contributed by atoms with van der Waals surface area (Å²) < 4.78 is 14.8. The zero-order valence-electron chi connectivity index (χ0n) is 17.8. The van der Waals surface area contributed by atoms with Crippen LogP contribution in [-0.2, 0) is 11.3 Å². The molecular weight excluding hydrogens is 425 g/mol. The fourth-order valence-electron chi connectivity index (χ4n) is 3.44. The average Bonchev–Trinajstić information content (AvgIpc) is 2.78. The number of carbonyl (C=O) groups is 1. The van der Waals surface area contributed by atoms with Gasteiger partial charge in [0.1, 0.15) is 5.82 Å². The van der Waals surface area contributed by atoms with Crippen LogP contribution < -0.4 is 10.9 Å². The third kappa shape index (κ3) is 4.89. The lowest BCUT2D eigenvalue weighted by Crippen LogP contribution is -2.25. The minimum absolute atomic E-state index is 0.0987. The second-order valence-corrected chi connectivity index (χ2v) is 8.53. The molecule has 0 radical (unpaired) electrons. The molecule has 0 saturated heterocycles. The number of benzene rings is 3. The molecule has 5 nitrogen and oxygen atoms in total. The van der Waals surface area contributed by atoms with Gasteiger partial charge in [-0.3, -0.25) is 14.2 Å². The smallest absolute Gasteiger partial charge is 0.262 e. The van der Waals surface area contributed by atoms with Gasteiger partial charge in [-0.05, 0) is 55.3 Å². The minimum atomic E-state index is -0.338. The summed E-state index contributed by atoms with van der Waals surface area (Å²) in [6.07, 6.45) is 0. The van der Waals surface area contributed by atoms with E-state index in [1.165, 1.54) is 28.5 Å². The molecule has 1 aromatic heterocycles. The molecule has 32 heavy (non-hydrogen) atoms. The first-order chi connectivity index (χ1) is 15.4. The number of thioether (sulfide) groups is 1. The minimum Gasteiger partial charge on any atom is -0.325 e. The van der Waals surface area contributed by atoms with Gasteiger partial charge in [-0.1, -0.05) is 53.7 Å². The number of carbonyl (C=O) groups excluding carboxylic acids is 1. The Balaban J connectivity index is 1.61. The van der Waals surface area contributed by atoms with Crippen molar-refractivity contribution in [1.82, 2.24) is 9.55 Å². The Morgan fingerprint density at radius 1 is 1.06 bits per heavy atom. The van der Waals surface area contributed by atoms with E-state index < -0.39 is 0 Å². The zero-order valence-corrected chi connectivity index (χ0v) is 18.6. The van der Waals surface area contributed by atoms with E-state index in [0.29, 0.717) is 16.1 Å². The van der Waals surface area contributed by atoms with Crippen LogP contribution >= 0.6 is 11.8 Å². The Morgan fingerprint density at radius 3 is 2.56 bits per heavy atom. The second-order valence-electron chi connectivity index (χ2n) is 7.58. The number of nitrogens with one attached hydrogen (secondary N) is 1. The van der Waals surface area contributed by atoms with Gasteiger partial charge in [0, 0.05) is 5.69 Å². The molecule has 0 bridgehead atoms. The molecule has 3 aromatic carbocycles. The average molecular weight is 448 g/mol. The SMILES string of the molecule is Cc1ccc(NC(=O)CSc2nc3ccccc3c(=O)n2Cc2ccc(F)cc2)c(C)c1. The summed E-state index contributed by atoms with van der Waals surface area (Å²) in [5.41, 5.74) is 4.02. The topological polar surface area (TPSA) is 64.0 Å². The molecule has 162 valence electrons. The van der Waals surface area contributed by atoms with E-state index in [9.17, 15) is 14.0 Å². The maximum atomic E-state index is 13.3. The summed E-state index contributed by atoms with van der Waals surface area (Å²) in [4.78, 5) is 30.4. The number of rotatable bonds is 6. The van der Waals surface area contributed by atoms with Crippen molar-refractivity contribution in [3.8, 4) is 0 Å². The number of amides is 1. The third-order valence-electron chi connectivity index (χ3n) is 5.07. The highest BCUT2D eigenvalue weighted by Gasteiger charge is 2.14. The predicted octanol–water partition coefficient (Wildman–Crippen LogP) is 4.93. The summed E-state index contributed by atoms with van der Waals surface area (Å²) in [7, 11) is 0. The van der Waals surface area contributed by atoms with E-state index >= 15 is 0 Å². The van der Waals surface area contributed by atoms with Crippen LogP contribution in [0.15, 0.2) is 76.7 Å². The molecule has 0 aliphatic rings. The molecular formula is C25H22FN3O2S. The van der Waals surface area contributed by atoms with E-state index in [0.717, 1.165) is 22.4 Å². The molecule has 4 aromatic rings. The number of fused-ring (bicyclic) bond motifs is 1. The van der Waals surface area contributed by atoms with E-state index in [-0.39, 0.29) is 29.6 Å². The number of para-hydroxylation sites is 1. The van der Waals surface area contributed by atoms with Crippen molar-refractivity contribution in [2.24, 2.45) is 0 Å². The predicted molar refractivity (Wildman–Crippen MR) is 127 cm³/mol. The highest BCUT2D eigenvalue weighted by Crippen LogP contribution is 2.21. The van der Waals surface area contributed by atoms with Crippen LogP contribution in [0.2, 0.25) is 0 Å².